The normalized spacial score (nSPS) is 17.2. The molecule has 0 aliphatic carbocycles. The number of nitrogens with one attached hydrogen (secondary N) is 6. The average Bonchev–Trinajstić information content (AvgIpc) is 3.84. The minimum atomic E-state index is -1.64. The van der Waals surface area contributed by atoms with Crippen LogP contribution < -0.4 is 49.1 Å². The van der Waals surface area contributed by atoms with Crippen molar-refractivity contribution in [2.75, 3.05) is 47.3 Å². The Morgan fingerprint density at radius 3 is 1.76 bits per heavy atom. The first-order valence-electron chi connectivity index (χ1n) is 25.8. The number of hydrogen-bond donors (Lipinski definition) is 10. The summed E-state index contributed by atoms with van der Waals surface area (Å²) in [4.78, 5) is 156. The number of likely N-dealkylation sites (tertiary alicyclic amines) is 1. The highest BCUT2D eigenvalue weighted by Gasteiger charge is 2.42. The minimum absolute atomic E-state index is 0.0355. The number of aliphatic hydroxyl groups is 1. The number of rotatable bonds is 31. The maximum Gasteiger partial charge on any atom is 0.248 e. The van der Waals surface area contributed by atoms with Crippen LogP contribution in [0.2, 0.25) is 0 Å². The smallest absolute Gasteiger partial charge is 0.248 e. The number of carbonyl (C=O) groups excluding carboxylic acids is 11. The fraction of sp³-hybridized carbons (Fsp3) is 0.755. The predicted molar refractivity (Wildman–Crippen MR) is 279 cm³/mol. The van der Waals surface area contributed by atoms with Gasteiger partial charge >= 0.3 is 0 Å². The molecule has 0 bridgehead atoms. The van der Waals surface area contributed by atoms with Crippen molar-refractivity contribution >= 4 is 70.9 Å². The molecule has 11 atom stereocenters. The van der Waals surface area contributed by atoms with Crippen LogP contribution in [0.15, 0.2) is 4.99 Å². The Hall–Kier alpha value is -6.60. The molecule has 0 aromatic rings. The van der Waals surface area contributed by atoms with E-state index in [2.05, 4.69) is 36.9 Å². The van der Waals surface area contributed by atoms with Crippen molar-refractivity contribution in [3.05, 3.63) is 0 Å². The third-order valence-corrected chi connectivity index (χ3v) is 13.6. The van der Waals surface area contributed by atoms with Crippen LogP contribution in [-0.2, 0) is 52.7 Å². The first-order valence-corrected chi connectivity index (χ1v) is 25.8. The molecule has 1 heterocycles. The predicted octanol–water partition coefficient (Wildman–Crippen LogP) is -2.86. The van der Waals surface area contributed by atoms with Crippen LogP contribution in [0.4, 0.5) is 0 Å². The molecule has 0 unspecified atom stereocenters. The van der Waals surface area contributed by atoms with E-state index < -0.39 is 138 Å². The maximum absolute atomic E-state index is 14.4. The number of nitrogens with two attached hydrogens (primary N) is 3. The topological polar surface area (TPSA) is 384 Å². The third-order valence-electron chi connectivity index (χ3n) is 13.6. The first kappa shape index (κ1) is 66.4. The van der Waals surface area contributed by atoms with E-state index in [1.54, 1.807) is 48.5 Å². The maximum atomic E-state index is 14.4. The van der Waals surface area contributed by atoms with Gasteiger partial charge in [0.15, 0.2) is 5.96 Å². The van der Waals surface area contributed by atoms with Gasteiger partial charge in [0.25, 0.3) is 0 Å². The monoisotopic (exact) mass is 1060 g/mol. The van der Waals surface area contributed by atoms with E-state index in [4.69, 9.17) is 17.2 Å². The fourth-order valence-corrected chi connectivity index (χ4v) is 8.34. The molecule has 75 heavy (non-hydrogen) atoms. The number of primary amides is 1. The molecule has 0 radical (unpaired) electrons. The Balaban J connectivity index is 3.45. The van der Waals surface area contributed by atoms with E-state index in [-0.39, 0.29) is 57.2 Å². The molecule has 13 N–H and O–H groups in total. The van der Waals surface area contributed by atoms with Crippen LogP contribution >= 0.6 is 0 Å². The van der Waals surface area contributed by atoms with Crippen molar-refractivity contribution < 1.29 is 57.8 Å². The first-order chi connectivity index (χ1) is 35.0. The SMILES string of the molecule is CCC[C@@H](C(=O)N[C@H](C(=O)N[C@@H](CCCN=C(N)N)C(=O)N1CCC[C@H]1C(=O)N[C@H](C)C(N)=O)[C@@H](C)CC)N(C)C(=O)[C@@H](NC(=O)[C@H](NC(=O)[C@H](C(C)C)N(C)C(=O)CNC(=O)CN(C)C(C)=O)[C@@H](C)CC)[C@@H](C)O. The number of likely N-dealkylation sites (N-methyl/N-ethyl adjacent to an activating group) is 3. The molecule has 11 amide bonds. The number of aliphatic hydroxyl groups excluding tert-OH is 1. The molecule has 1 fully saturated rings. The lowest BCUT2D eigenvalue weighted by molar-refractivity contribution is -0.146. The Labute approximate surface area is 441 Å². The van der Waals surface area contributed by atoms with E-state index in [0.717, 1.165) is 14.7 Å². The molecule has 1 saturated heterocycles. The highest BCUT2D eigenvalue weighted by Crippen LogP contribution is 2.22. The number of amides is 11. The van der Waals surface area contributed by atoms with Gasteiger partial charge < -0.3 is 73.8 Å². The molecule has 0 saturated carbocycles. The number of aliphatic imine (C=N–C) groups is 1. The number of guanidine groups is 1. The van der Waals surface area contributed by atoms with Gasteiger partial charge in [0.1, 0.15) is 48.3 Å². The van der Waals surface area contributed by atoms with Gasteiger partial charge in [-0.2, -0.15) is 0 Å². The molecular weight excluding hydrogens is 977 g/mol. The lowest BCUT2D eigenvalue weighted by Gasteiger charge is -2.35. The van der Waals surface area contributed by atoms with E-state index in [1.165, 1.54) is 46.8 Å². The van der Waals surface area contributed by atoms with Crippen molar-refractivity contribution in [1.29, 1.82) is 0 Å². The fourth-order valence-electron chi connectivity index (χ4n) is 8.34. The second kappa shape index (κ2) is 32.0. The second-order valence-corrected chi connectivity index (χ2v) is 19.9. The van der Waals surface area contributed by atoms with E-state index in [9.17, 15) is 57.8 Å². The van der Waals surface area contributed by atoms with Gasteiger partial charge in [-0.05, 0) is 63.7 Å². The Morgan fingerprint density at radius 2 is 1.27 bits per heavy atom. The van der Waals surface area contributed by atoms with Gasteiger partial charge in [-0.25, -0.2) is 0 Å². The summed E-state index contributed by atoms with van der Waals surface area (Å²) in [5, 5.41) is 26.8. The summed E-state index contributed by atoms with van der Waals surface area (Å²) < 4.78 is 0. The van der Waals surface area contributed by atoms with E-state index in [1.807, 2.05) is 0 Å². The number of hydrogen-bond acceptors (Lipinski definition) is 13. The Bertz CT molecular complexity index is 2030. The van der Waals surface area contributed by atoms with Crippen molar-refractivity contribution in [2.45, 2.75) is 175 Å². The summed E-state index contributed by atoms with van der Waals surface area (Å²) in [6, 6.07) is -9.70. The standard InChI is InChI=1S/C49H88N14O12/c1-14-19-33(42(69)57-37(27(6)15-2)44(71)56-32(20-17-22-53-49(51)52)47(74)63-23-18-21-34(63)43(70)55-29(8)41(50)68)61(12)48(75)39(30(9)64)59-45(72)38(28(7)16-3)58-46(73)40(26(4)5)62(13)36(67)24-54-35(66)25-60(11)31(10)65/h26-30,32-34,37-40,64H,14-25H2,1-13H3,(H2,50,68)(H,54,66)(H,55,70)(H,56,71)(H,57,69)(H,58,73)(H,59,72)(H4,51,52,53)/t27-,28-,29+,30+,32-,33-,34-,37-,38+,39-,40-/m0/s1. The molecule has 1 aliphatic rings. The molecule has 26 nitrogen and oxygen atoms in total. The molecule has 0 spiro atoms. The van der Waals surface area contributed by atoms with Crippen molar-refractivity contribution in [3.63, 3.8) is 0 Å². The number of nitrogens with zero attached hydrogens (tertiary/aromatic N) is 5. The van der Waals surface area contributed by atoms with Crippen molar-refractivity contribution in [3.8, 4) is 0 Å². The zero-order valence-electron chi connectivity index (χ0n) is 46.3. The quantitative estimate of drug-likeness (QED) is 0.0190. The second-order valence-electron chi connectivity index (χ2n) is 19.9. The molecule has 0 aromatic carbocycles. The lowest BCUT2D eigenvalue weighted by atomic mass is 9.95. The highest BCUT2D eigenvalue weighted by molar-refractivity contribution is 5.99. The van der Waals surface area contributed by atoms with E-state index in [0.29, 0.717) is 25.7 Å². The zero-order valence-corrected chi connectivity index (χ0v) is 46.3. The third kappa shape index (κ3) is 20.6. The molecule has 1 rings (SSSR count). The van der Waals surface area contributed by atoms with Crippen LogP contribution in [-0.4, -0.2) is 197 Å². The Morgan fingerprint density at radius 1 is 0.720 bits per heavy atom. The lowest BCUT2D eigenvalue weighted by Crippen LogP contribution is -2.63. The van der Waals surface area contributed by atoms with Crippen molar-refractivity contribution in [2.24, 2.45) is 39.9 Å². The molecule has 0 aromatic heterocycles. The summed E-state index contributed by atoms with van der Waals surface area (Å²) in [5.74, 6) is -9.11. The van der Waals surface area contributed by atoms with Crippen LogP contribution in [0.5, 0.6) is 0 Å². The Kier molecular flexibility index (Phi) is 28.3. The number of carbonyl (C=O) groups is 11. The molecule has 26 heteroatoms. The summed E-state index contributed by atoms with van der Waals surface area (Å²) >= 11 is 0. The van der Waals surface area contributed by atoms with E-state index >= 15 is 0 Å². The van der Waals surface area contributed by atoms with Gasteiger partial charge in [0.05, 0.1) is 19.2 Å². The van der Waals surface area contributed by atoms with Crippen LogP contribution in [0.1, 0.15) is 121 Å². The van der Waals surface area contributed by atoms with Gasteiger partial charge in [-0.1, -0.05) is 67.7 Å². The van der Waals surface area contributed by atoms with Gasteiger partial charge in [0, 0.05) is 41.2 Å². The zero-order chi connectivity index (χ0) is 57.6. The van der Waals surface area contributed by atoms with Gasteiger partial charge in [-0.15, -0.1) is 0 Å². The summed E-state index contributed by atoms with van der Waals surface area (Å²) in [6.45, 7) is 15.6. The molecule has 1 aliphatic heterocycles. The minimum Gasteiger partial charge on any atom is -0.391 e. The molecular formula is C49H88N14O12. The molecule has 426 valence electrons. The van der Waals surface area contributed by atoms with Crippen LogP contribution in [0, 0.1) is 17.8 Å². The summed E-state index contributed by atoms with van der Waals surface area (Å²) in [7, 11) is 4.12. The van der Waals surface area contributed by atoms with Gasteiger partial charge in [-0.3, -0.25) is 57.7 Å². The van der Waals surface area contributed by atoms with Gasteiger partial charge in [0.2, 0.25) is 65.0 Å². The largest absolute Gasteiger partial charge is 0.391 e. The summed E-state index contributed by atoms with van der Waals surface area (Å²) in [6.07, 6.45) is 0.707. The summed E-state index contributed by atoms with van der Waals surface area (Å²) in [5.41, 5.74) is 16.4. The highest BCUT2D eigenvalue weighted by atomic mass is 16.3. The van der Waals surface area contributed by atoms with Crippen molar-refractivity contribution in [1.82, 2.24) is 51.5 Å². The average molecular weight is 1070 g/mol. The van der Waals surface area contributed by atoms with Crippen LogP contribution in [0.25, 0.3) is 0 Å². The van der Waals surface area contributed by atoms with Crippen LogP contribution in [0.3, 0.4) is 0 Å².